The van der Waals surface area contributed by atoms with E-state index in [0.29, 0.717) is 5.82 Å². The van der Waals surface area contributed by atoms with Crippen molar-refractivity contribution in [2.24, 2.45) is 0 Å². The van der Waals surface area contributed by atoms with Crippen LogP contribution in [0.1, 0.15) is 24.4 Å². The number of nitriles is 1. The molecular weight excluding hydrogens is 427 g/mol. The monoisotopic (exact) mass is 440 g/mol. The largest absolute Gasteiger partial charge is 0.382 e. The molecule has 4 rings (SSSR count). The van der Waals surface area contributed by atoms with E-state index in [4.69, 9.17) is 23.1 Å². The number of halogens is 2. The van der Waals surface area contributed by atoms with Crippen molar-refractivity contribution in [3.8, 4) is 11.9 Å². The minimum Gasteiger partial charge on any atom is -0.382 e. The number of aromatic amines is 1. The van der Waals surface area contributed by atoms with Crippen LogP contribution >= 0.6 is 11.6 Å². The molecule has 1 unspecified atom stereocenters. The van der Waals surface area contributed by atoms with Gasteiger partial charge in [-0.05, 0) is 19.1 Å². The van der Waals surface area contributed by atoms with Crippen LogP contribution in [-0.2, 0) is 0 Å². The molecule has 0 saturated heterocycles. The van der Waals surface area contributed by atoms with Crippen molar-refractivity contribution in [1.29, 1.82) is 5.26 Å². The maximum atomic E-state index is 13.9. The van der Waals surface area contributed by atoms with Crippen LogP contribution in [0.15, 0.2) is 29.2 Å². The summed E-state index contributed by atoms with van der Waals surface area (Å²) in [7, 11) is 0. The van der Waals surface area contributed by atoms with Gasteiger partial charge in [0.05, 0.1) is 28.2 Å². The average molecular weight is 441 g/mol. The first-order valence-corrected chi connectivity index (χ1v) is 9.19. The lowest BCUT2D eigenvalue weighted by atomic mass is 10.2. The van der Waals surface area contributed by atoms with E-state index >= 15 is 0 Å². The van der Waals surface area contributed by atoms with Gasteiger partial charge in [0.15, 0.2) is 5.82 Å². The summed E-state index contributed by atoms with van der Waals surface area (Å²) in [5, 5.41) is 18.9. The number of benzene rings is 1. The first kappa shape index (κ1) is 20.0. The van der Waals surface area contributed by atoms with E-state index in [2.05, 4.69) is 30.5 Å². The zero-order valence-electron chi connectivity index (χ0n) is 15.9. The maximum absolute atomic E-state index is 13.9. The molecule has 156 valence electrons. The second-order valence-electron chi connectivity index (χ2n) is 6.50. The number of nitrogens with zero attached hydrogens (tertiary/aromatic N) is 6. The molecule has 0 aliphatic heterocycles. The predicted octanol–water partition coefficient (Wildman–Crippen LogP) is 1.90. The summed E-state index contributed by atoms with van der Waals surface area (Å²) < 4.78 is 15.1. The molecule has 0 aliphatic rings. The topological polar surface area (TPSA) is 177 Å². The third-order valence-electron chi connectivity index (χ3n) is 4.45. The van der Waals surface area contributed by atoms with Gasteiger partial charge in [0.2, 0.25) is 5.95 Å². The standard InChI is InChI=1S/C18H14ClFN10O/c1-7(25-15-10(6-21)14(22)27-18(23)28-15)16-26-13-9(4-8(20)5-11(13)19)17(31)30(16)12-2-3-24-29-12/h2-5,7H,1H3,(H,24,29)(H5,22,23,25,27,28). The fourth-order valence-corrected chi connectivity index (χ4v) is 3.36. The second-order valence-corrected chi connectivity index (χ2v) is 6.91. The number of fused-ring (bicyclic) bond motifs is 1. The highest BCUT2D eigenvalue weighted by atomic mass is 35.5. The lowest BCUT2D eigenvalue weighted by Crippen LogP contribution is -2.28. The predicted molar refractivity (Wildman–Crippen MR) is 112 cm³/mol. The highest BCUT2D eigenvalue weighted by Gasteiger charge is 2.22. The number of nitrogen functional groups attached to an aromatic ring is 2. The Bertz CT molecular complexity index is 1410. The molecule has 0 radical (unpaired) electrons. The Kier molecular flexibility index (Phi) is 4.88. The molecule has 11 nitrogen and oxygen atoms in total. The number of nitrogens with two attached hydrogens (primary N) is 2. The van der Waals surface area contributed by atoms with Gasteiger partial charge in [-0.15, -0.1) is 0 Å². The summed E-state index contributed by atoms with van der Waals surface area (Å²) >= 11 is 6.15. The van der Waals surface area contributed by atoms with Gasteiger partial charge in [0.1, 0.15) is 34.9 Å². The Morgan fingerprint density at radius 2 is 2.10 bits per heavy atom. The summed E-state index contributed by atoms with van der Waals surface area (Å²) in [6.45, 7) is 1.67. The Balaban J connectivity index is 1.94. The molecule has 0 amide bonds. The van der Waals surface area contributed by atoms with E-state index in [1.807, 2.05) is 6.07 Å². The number of aromatic nitrogens is 6. The van der Waals surface area contributed by atoms with Gasteiger partial charge in [-0.25, -0.2) is 13.9 Å². The molecule has 3 aromatic heterocycles. The van der Waals surface area contributed by atoms with Gasteiger partial charge in [-0.3, -0.25) is 9.89 Å². The molecule has 6 N–H and O–H groups in total. The number of anilines is 3. The van der Waals surface area contributed by atoms with Crippen molar-refractivity contribution < 1.29 is 4.39 Å². The summed E-state index contributed by atoms with van der Waals surface area (Å²) in [5.41, 5.74) is 10.9. The maximum Gasteiger partial charge on any atom is 0.267 e. The fraction of sp³-hybridized carbons (Fsp3) is 0.111. The third kappa shape index (κ3) is 3.47. The molecule has 3 heterocycles. The van der Waals surface area contributed by atoms with Crippen molar-refractivity contribution in [2.75, 3.05) is 16.8 Å². The fourth-order valence-electron chi connectivity index (χ4n) is 3.11. The normalized spacial score (nSPS) is 11.9. The zero-order chi connectivity index (χ0) is 22.3. The van der Waals surface area contributed by atoms with Gasteiger partial charge in [-0.1, -0.05) is 11.6 Å². The van der Waals surface area contributed by atoms with E-state index in [-0.39, 0.29) is 44.9 Å². The van der Waals surface area contributed by atoms with E-state index in [1.54, 1.807) is 13.0 Å². The van der Waals surface area contributed by atoms with Gasteiger partial charge in [-0.2, -0.15) is 20.3 Å². The lowest BCUT2D eigenvalue weighted by molar-refractivity contribution is 0.629. The number of H-pyrrole nitrogens is 1. The van der Waals surface area contributed by atoms with Gasteiger partial charge in [0, 0.05) is 6.07 Å². The van der Waals surface area contributed by atoms with Crippen LogP contribution < -0.4 is 22.3 Å². The van der Waals surface area contributed by atoms with Crippen LogP contribution in [0, 0.1) is 17.1 Å². The minimum absolute atomic E-state index is 0.0104. The molecule has 0 fully saturated rings. The second kappa shape index (κ2) is 7.54. The van der Waals surface area contributed by atoms with Crippen LogP contribution in [0.4, 0.5) is 22.0 Å². The molecule has 0 saturated carbocycles. The number of nitrogens with one attached hydrogen (secondary N) is 2. The smallest absolute Gasteiger partial charge is 0.267 e. The van der Waals surface area contributed by atoms with Crippen LogP contribution in [-0.4, -0.2) is 29.7 Å². The third-order valence-corrected chi connectivity index (χ3v) is 4.74. The average Bonchev–Trinajstić information content (AvgIpc) is 3.22. The van der Waals surface area contributed by atoms with Crippen LogP contribution in [0.25, 0.3) is 16.7 Å². The molecule has 1 atom stereocenters. The summed E-state index contributed by atoms with van der Waals surface area (Å²) in [4.78, 5) is 25.5. The Hall–Kier alpha value is -4.24. The SMILES string of the molecule is CC(Nc1nc(N)nc(N)c1C#N)c1nc2c(Cl)cc(F)cc2c(=O)n1-c1ccn[nH]1. The number of hydrogen-bond donors (Lipinski definition) is 4. The zero-order valence-corrected chi connectivity index (χ0v) is 16.6. The van der Waals surface area contributed by atoms with E-state index in [9.17, 15) is 14.4 Å². The van der Waals surface area contributed by atoms with Gasteiger partial charge >= 0.3 is 0 Å². The molecule has 31 heavy (non-hydrogen) atoms. The summed E-state index contributed by atoms with van der Waals surface area (Å²) in [6, 6.07) is 4.88. The Morgan fingerprint density at radius 1 is 1.32 bits per heavy atom. The van der Waals surface area contributed by atoms with Crippen molar-refractivity contribution in [3.63, 3.8) is 0 Å². The molecule has 4 aromatic rings. The summed E-state index contributed by atoms with van der Waals surface area (Å²) in [5.74, 6) is -0.351. The quantitative estimate of drug-likeness (QED) is 0.368. The van der Waals surface area contributed by atoms with Crippen molar-refractivity contribution in [2.45, 2.75) is 13.0 Å². The highest BCUT2D eigenvalue weighted by Crippen LogP contribution is 2.27. The van der Waals surface area contributed by atoms with Crippen LogP contribution in [0.5, 0.6) is 0 Å². The van der Waals surface area contributed by atoms with Crippen molar-refractivity contribution in [3.05, 3.63) is 57.0 Å². The molecule has 0 aliphatic carbocycles. The highest BCUT2D eigenvalue weighted by molar-refractivity contribution is 6.35. The van der Waals surface area contributed by atoms with Crippen LogP contribution in [0.3, 0.4) is 0 Å². The van der Waals surface area contributed by atoms with Gasteiger partial charge in [0.25, 0.3) is 5.56 Å². The van der Waals surface area contributed by atoms with E-state index < -0.39 is 17.4 Å². The molecule has 0 bridgehead atoms. The minimum atomic E-state index is -0.706. The molecule has 0 spiro atoms. The lowest BCUT2D eigenvalue weighted by Gasteiger charge is -2.20. The molecular formula is C18H14ClFN10O. The number of rotatable bonds is 4. The van der Waals surface area contributed by atoms with Crippen LogP contribution in [0.2, 0.25) is 5.02 Å². The van der Waals surface area contributed by atoms with Crippen molar-refractivity contribution >= 4 is 40.1 Å². The van der Waals surface area contributed by atoms with Gasteiger partial charge < -0.3 is 16.8 Å². The van der Waals surface area contributed by atoms with E-state index in [0.717, 1.165) is 12.1 Å². The number of hydrogen-bond acceptors (Lipinski definition) is 9. The van der Waals surface area contributed by atoms with Crippen molar-refractivity contribution in [1.82, 2.24) is 29.7 Å². The van der Waals surface area contributed by atoms with E-state index in [1.165, 1.54) is 10.8 Å². The molecule has 13 heteroatoms. The first-order valence-electron chi connectivity index (χ1n) is 8.81. The first-order chi connectivity index (χ1) is 14.8. The molecule has 1 aromatic carbocycles. The summed E-state index contributed by atoms with van der Waals surface area (Å²) in [6.07, 6.45) is 1.45. The Morgan fingerprint density at radius 3 is 2.77 bits per heavy atom. The Labute approximate surface area is 178 Å².